The fraction of sp³-hybridized carbons (Fsp3) is 0.143. The van der Waals surface area contributed by atoms with Gasteiger partial charge in [0, 0.05) is 58.2 Å². The van der Waals surface area contributed by atoms with E-state index in [1.54, 1.807) is 43.1 Å². The van der Waals surface area contributed by atoms with Gasteiger partial charge in [-0.05, 0) is 38.4 Å². The van der Waals surface area contributed by atoms with E-state index in [2.05, 4.69) is 35.0 Å². The Morgan fingerprint density at radius 3 is 2.59 bits per heavy atom. The zero-order chi connectivity index (χ0) is 25.4. The van der Waals surface area contributed by atoms with Gasteiger partial charge in [-0.25, -0.2) is 9.37 Å². The molecule has 184 valence electrons. The number of hydrogen-bond donors (Lipinski definition) is 2. The van der Waals surface area contributed by atoms with E-state index in [0.717, 1.165) is 50.9 Å². The van der Waals surface area contributed by atoms with E-state index in [1.165, 1.54) is 6.07 Å². The summed E-state index contributed by atoms with van der Waals surface area (Å²) in [5.41, 5.74) is 6.00. The molecule has 5 heterocycles. The quantitative estimate of drug-likeness (QED) is 0.313. The Kier molecular flexibility index (Phi) is 5.82. The lowest BCUT2D eigenvalue weighted by atomic mass is 10.0. The summed E-state index contributed by atoms with van der Waals surface area (Å²) in [5.74, 6) is 0.414. The second-order valence-corrected chi connectivity index (χ2v) is 9.07. The van der Waals surface area contributed by atoms with E-state index in [-0.39, 0.29) is 5.82 Å². The maximum Gasteiger partial charge on any atom is 0.181 e. The van der Waals surface area contributed by atoms with Crippen LogP contribution in [-0.2, 0) is 0 Å². The Balaban J connectivity index is 1.39. The van der Waals surface area contributed by atoms with Crippen LogP contribution < -0.4 is 4.74 Å². The van der Waals surface area contributed by atoms with Gasteiger partial charge in [0.2, 0.25) is 0 Å². The summed E-state index contributed by atoms with van der Waals surface area (Å²) < 4.78 is 20.4. The Hall–Kier alpha value is -4.63. The number of nitrogens with zero attached hydrogens (tertiary/aromatic N) is 5. The van der Waals surface area contributed by atoms with E-state index in [9.17, 15) is 4.39 Å². The minimum Gasteiger partial charge on any atom is -0.491 e. The van der Waals surface area contributed by atoms with Gasteiger partial charge in [-0.2, -0.15) is 5.10 Å². The zero-order valence-corrected chi connectivity index (χ0v) is 20.4. The number of fused-ring (bicyclic) bond motifs is 2. The molecule has 0 unspecified atom stereocenters. The van der Waals surface area contributed by atoms with Crippen LogP contribution in [0.3, 0.4) is 0 Å². The van der Waals surface area contributed by atoms with Crippen molar-refractivity contribution in [2.24, 2.45) is 0 Å². The fourth-order valence-electron chi connectivity index (χ4n) is 4.34. The molecule has 0 aliphatic carbocycles. The lowest BCUT2D eigenvalue weighted by Crippen LogP contribution is -2.19. The maximum atomic E-state index is 14.6. The molecule has 0 saturated heterocycles. The number of nitrogens with one attached hydrogen (secondary N) is 2. The lowest BCUT2D eigenvalue weighted by Gasteiger charge is -2.11. The first-order valence-electron chi connectivity index (χ1n) is 11.9. The Bertz CT molecular complexity index is 1720. The third-order valence-electron chi connectivity index (χ3n) is 6.24. The van der Waals surface area contributed by atoms with Crippen molar-refractivity contribution in [3.05, 3.63) is 79.3 Å². The van der Waals surface area contributed by atoms with E-state index in [4.69, 9.17) is 4.74 Å². The predicted octanol–water partition coefficient (Wildman–Crippen LogP) is 5.31. The van der Waals surface area contributed by atoms with Crippen LogP contribution in [0.5, 0.6) is 5.75 Å². The number of ether oxygens (including phenoxy) is 1. The number of hydrogen-bond acceptors (Lipinski definition) is 6. The molecule has 6 rings (SSSR count). The minimum absolute atomic E-state index is 0.290. The van der Waals surface area contributed by atoms with Gasteiger partial charge in [-0.1, -0.05) is 18.2 Å². The number of benzene rings is 1. The first-order valence-corrected chi connectivity index (χ1v) is 11.9. The van der Waals surface area contributed by atoms with Crippen LogP contribution in [0.2, 0.25) is 0 Å². The highest BCUT2D eigenvalue weighted by Gasteiger charge is 2.16. The van der Waals surface area contributed by atoms with E-state index < -0.39 is 0 Å². The van der Waals surface area contributed by atoms with Gasteiger partial charge in [-0.3, -0.25) is 15.1 Å². The summed E-state index contributed by atoms with van der Waals surface area (Å²) in [6.07, 6.45) is 8.69. The normalized spacial score (nSPS) is 11.6. The summed E-state index contributed by atoms with van der Waals surface area (Å²) in [6.45, 7) is 1.39. The molecular weight excluding hydrogens is 469 g/mol. The highest BCUT2D eigenvalue weighted by atomic mass is 19.1. The van der Waals surface area contributed by atoms with Crippen LogP contribution in [0.25, 0.3) is 55.6 Å². The molecule has 0 atom stereocenters. The Morgan fingerprint density at radius 1 is 0.892 bits per heavy atom. The smallest absolute Gasteiger partial charge is 0.181 e. The number of aromatic nitrogens is 6. The van der Waals surface area contributed by atoms with Gasteiger partial charge in [0.25, 0.3) is 0 Å². The predicted molar refractivity (Wildman–Crippen MR) is 142 cm³/mol. The molecular formula is C28H24FN7O. The number of pyridine rings is 3. The largest absolute Gasteiger partial charge is 0.491 e. The molecule has 37 heavy (non-hydrogen) atoms. The highest BCUT2D eigenvalue weighted by Crippen LogP contribution is 2.35. The zero-order valence-electron chi connectivity index (χ0n) is 20.4. The van der Waals surface area contributed by atoms with Crippen molar-refractivity contribution < 1.29 is 9.13 Å². The molecule has 8 nitrogen and oxygen atoms in total. The van der Waals surface area contributed by atoms with Crippen molar-refractivity contribution in [1.82, 2.24) is 35.0 Å². The molecule has 6 aromatic rings. The molecule has 0 aliphatic heterocycles. The van der Waals surface area contributed by atoms with Gasteiger partial charge < -0.3 is 14.6 Å². The molecule has 0 fully saturated rings. The number of aromatic amines is 2. The van der Waals surface area contributed by atoms with E-state index >= 15 is 0 Å². The van der Waals surface area contributed by atoms with Crippen molar-refractivity contribution in [3.63, 3.8) is 0 Å². The third kappa shape index (κ3) is 4.41. The standard InChI is InChI=1S/C28H24FN7O/c1-36(2)7-8-37-19-9-17(12-30-14-19)18-10-22-27(34-35-28(22)32-13-18)25-11-21-23(15-31-16-26(21)33-25)20-5-3-4-6-24(20)29/h3-6,9-16,33H,7-8H2,1-2H3,(H,32,34,35). The number of H-pyrrole nitrogens is 2. The van der Waals surface area contributed by atoms with Crippen LogP contribution in [0, 0.1) is 5.82 Å². The van der Waals surface area contributed by atoms with Gasteiger partial charge in [0.05, 0.1) is 29.3 Å². The average Bonchev–Trinajstić information content (AvgIpc) is 3.52. The second kappa shape index (κ2) is 9.44. The fourth-order valence-corrected chi connectivity index (χ4v) is 4.34. The summed E-state index contributed by atoms with van der Waals surface area (Å²) in [7, 11) is 4.01. The topological polar surface area (TPSA) is 95.6 Å². The molecule has 0 aliphatic rings. The van der Waals surface area contributed by atoms with E-state index in [0.29, 0.717) is 23.6 Å². The third-order valence-corrected chi connectivity index (χ3v) is 6.24. The SMILES string of the molecule is CN(C)CCOc1cncc(-c2cnc3n[nH]c(-c4cc5c(-c6ccccc6F)cncc5[nH]4)c3c2)c1. The van der Waals surface area contributed by atoms with Crippen molar-refractivity contribution in [2.45, 2.75) is 0 Å². The molecule has 0 saturated carbocycles. The average molecular weight is 494 g/mol. The molecule has 0 amide bonds. The van der Waals surface area contributed by atoms with Crippen molar-refractivity contribution in [3.8, 4) is 39.4 Å². The number of likely N-dealkylation sites (N-methyl/N-ethyl adjacent to an activating group) is 1. The number of halogens is 1. The summed E-state index contributed by atoms with van der Waals surface area (Å²) in [6, 6.07) is 12.7. The van der Waals surface area contributed by atoms with Crippen molar-refractivity contribution in [2.75, 3.05) is 27.2 Å². The lowest BCUT2D eigenvalue weighted by molar-refractivity contribution is 0.261. The van der Waals surface area contributed by atoms with Crippen LogP contribution in [0.15, 0.2) is 73.4 Å². The summed E-state index contributed by atoms with van der Waals surface area (Å²) in [4.78, 5) is 18.7. The molecule has 0 bridgehead atoms. The Labute approximate surface area is 212 Å². The first kappa shape index (κ1) is 22.8. The van der Waals surface area contributed by atoms with Gasteiger partial charge >= 0.3 is 0 Å². The summed E-state index contributed by atoms with van der Waals surface area (Å²) in [5, 5.41) is 9.22. The molecule has 5 aromatic heterocycles. The molecule has 2 N–H and O–H groups in total. The molecule has 0 radical (unpaired) electrons. The highest BCUT2D eigenvalue weighted by molar-refractivity contribution is 6.00. The molecule has 0 spiro atoms. The Morgan fingerprint density at radius 2 is 1.73 bits per heavy atom. The monoisotopic (exact) mass is 493 g/mol. The van der Waals surface area contributed by atoms with Crippen LogP contribution >= 0.6 is 0 Å². The van der Waals surface area contributed by atoms with Gasteiger partial charge in [-0.15, -0.1) is 0 Å². The van der Waals surface area contributed by atoms with Crippen LogP contribution in [-0.4, -0.2) is 62.3 Å². The van der Waals surface area contributed by atoms with Gasteiger partial charge in [0.15, 0.2) is 5.65 Å². The van der Waals surface area contributed by atoms with Crippen LogP contribution in [0.1, 0.15) is 0 Å². The van der Waals surface area contributed by atoms with Crippen LogP contribution in [0.4, 0.5) is 4.39 Å². The van der Waals surface area contributed by atoms with Crippen molar-refractivity contribution >= 4 is 21.9 Å². The summed E-state index contributed by atoms with van der Waals surface area (Å²) >= 11 is 0. The van der Waals surface area contributed by atoms with Gasteiger partial charge in [0.1, 0.15) is 18.2 Å². The maximum absolute atomic E-state index is 14.6. The van der Waals surface area contributed by atoms with E-state index in [1.807, 2.05) is 38.4 Å². The molecule has 1 aromatic carbocycles. The number of rotatable bonds is 7. The minimum atomic E-state index is -0.290. The van der Waals surface area contributed by atoms with Crippen molar-refractivity contribution in [1.29, 1.82) is 0 Å². The molecule has 9 heteroatoms. The second-order valence-electron chi connectivity index (χ2n) is 9.07. The first-order chi connectivity index (χ1) is 18.1.